The summed E-state index contributed by atoms with van der Waals surface area (Å²) in [4.78, 5) is 28.9. The van der Waals surface area contributed by atoms with Crippen molar-refractivity contribution < 1.29 is 9.64 Å². The predicted molar refractivity (Wildman–Crippen MR) is 105 cm³/mol. The molecule has 1 saturated heterocycles. The van der Waals surface area contributed by atoms with Gasteiger partial charge in [-0.3, -0.25) is 14.3 Å². The smallest absolute Gasteiger partial charge is 0.329 e. The molecule has 0 unspecified atom stereocenters. The van der Waals surface area contributed by atoms with Crippen molar-refractivity contribution in [2.45, 2.75) is 33.4 Å². The maximum atomic E-state index is 12.8. The molecule has 1 atom stereocenters. The number of morpholine rings is 1. The van der Waals surface area contributed by atoms with E-state index in [-0.39, 0.29) is 17.8 Å². The third-order valence-corrected chi connectivity index (χ3v) is 5.07. The van der Waals surface area contributed by atoms with Crippen molar-refractivity contribution in [3.63, 3.8) is 0 Å². The number of anilines is 1. The van der Waals surface area contributed by atoms with Gasteiger partial charge in [-0.2, -0.15) is 0 Å². The number of aromatic nitrogens is 2. The molecule has 27 heavy (non-hydrogen) atoms. The van der Waals surface area contributed by atoms with Crippen LogP contribution in [0.1, 0.15) is 36.6 Å². The highest BCUT2D eigenvalue weighted by Crippen LogP contribution is 2.22. The minimum absolute atomic E-state index is 0.234. The lowest BCUT2D eigenvalue weighted by Crippen LogP contribution is -3.14. The van der Waals surface area contributed by atoms with Crippen LogP contribution in [0, 0.1) is 12.8 Å². The van der Waals surface area contributed by atoms with Crippen molar-refractivity contribution >= 4 is 5.82 Å². The highest BCUT2D eigenvalue weighted by Gasteiger charge is 2.33. The van der Waals surface area contributed by atoms with Crippen molar-refractivity contribution in [1.82, 2.24) is 9.55 Å². The van der Waals surface area contributed by atoms with Crippen molar-refractivity contribution in [3.8, 4) is 0 Å². The molecule has 0 bridgehead atoms. The van der Waals surface area contributed by atoms with E-state index < -0.39 is 11.2 Å². The molecule has 1 aromatic heterocycles. The van der Waals surface area contributed by atoms with E-state index in [0.717, 1.165) is 24.2 Å². The van der Waals surface area contributed by atoms with E-state index in [9.17, 15) is 9.59 Å². The summed E-state index contributed by atoms with van der Waals surface area (Å²) in [7, 11) is 0. The number of hydrogen-bond donors (Lipinski definition) is 3. The number of H-pyrrole nitrogens is 1. The zero-order valence-electron chi connectivity index (χ0n) is 16.2. The molecule has 2 aromatic rings. The van der Waals surface area contributed by atoms with Crippen molar-refractivity contribution in [2.24, 2.45) is 5.92 Å². The first kappa shape index (κ1) is 19.4. The summed E-state index contributed by atoms with van der Waals surface area (Å²) < 4.78 is 6.99. The number of quaternary nitrogens is 1. The van der Waals surface area contributed by atoms with Crippen LogP contribution in [0.5, 0.6) is 0 Å². The summed E-state index contributed by atoms with van der Waals surface area (Å²) in [5.74, 6) is 0.499. The molecule has 0 aliphatic carbocycles. The summed E-state index contributed by atoms with van der Waals surface area (Å²) in [6, 6.07) is 7.92. The van der Waals surface area contributed by atoms with Crippen molar-refractivity contribution in [1.29, 1.82) is 0 Å². The minimum atomic E-state index is -0.449. The van der Waals surface area contributed by atoms with Gasteiger partial charge >= 0.3 is 5.69 Å². The number of aryl methyl sites for hydroxylation is 1. The number of aromatic amines is 1. The number of rotatable bonds is 5. The molecule has 1 aliphatic rings. The van der Waals surface area contributed by atoms with Gasteiger partial charge in [-0.1, -0.05) is 43.7 Å². The lowest BCUT2D eigenvalue weighted by Gasteiger charge is -2.32. The van der Waals surface area contributed by atoms with E-state index in [1.165, 1.54) is 9.47 Å². The summed E-state index contributed by atoms with van der Waals surface area (Å²) in [6.07, 6.45) is 0. The third kappa shape index (κ3) is 4.14. The normalized spacial score (nSPS) is 16.6. The van der Waals surface area contributed by atoms with Crippen LogP contribution in [-0.2, 0) is 11.3 Å². The van der Waals surface area contributed by atoms with Gasteiger partial charge in [-0.05, 0) is 12.8 Å². The number of hydrogen-bond acceptors (Lipinski definition) is 4. The lowest BCUT2D eigenvalue weighted by molar-refractivity contribution is -0.933. The van der Waals surface area contributed by atoms with Crippen LogP contribution in [0.2, 0.25) is 0 Å². The number of nitrogens with zero attached hydrogens (tertiary/aromatic N) is 1. The van der Waals surface area contributed by atoms with Crippen LogP contribution in [-0.4, -0.2) is 35.9 Å². The fourth-order valence-corrected chi connectivity index (χ4v) is 3.72. The maximum absolute atomic E-state index is 12.8. The van der Waals surface area contributed by atoms with Crippen LogP contribution in [0.3, 0.4) is 0 Å². The number of nitrogens with one attached hydrogen (secondary N) is 2. The molecule has 1 aromatic carbocycles. The molecular formula is C20H29N4O3+. The fraction of sp³-hybridized carbons (Fsp3) is 0.500. The van der Waals surface area contributed by atoms with Gasteiger partial charge in [0.05, 0.1) is 13.2 Å². The second-order valence-corrected chi connectivity index (χ2v) is 7.68. The Morgan fingerprint density at radius 2 is 1.81 bits per heavy atom. The summed E-state index contributed by atoms with van der Waals surface area (Å²) in [5.41, 5.74) is 8.20. The Labute approximate surface area is 158 Å². The second kappa shape index (κ2) is 8.10. The number of benzene rings is 1. The number of ether oxygens (including phenoxy) is 1. The van der Waals surface area contributed by atoms with Gasteiger partial charge in [-0.15, -0.1) is 0 Å². The average molecular weight is 373 g/mol. The highest BCUT2D eigenvalue weighted by atomic mass is 16.5. The Balaban J connectivity index is 2.18. The van der Waals surface area contributed by atoms with Crippen molar-refractivity contribution in [2.75, 3.05) is 32.0 Å². The van der Waals surface area contributed by atoms with Crippen LogP contribution in [0.25, 0.3) is 0 Å². The van der Waals surface area contributed by atoms with E-state index in [4.69, 9.17) is 10.5 Å². The minimum Gasteiger partial charge on any atom is -0.384 e. The van der Waals surface area contributed by atoms with Crippen LogP contribution in [0.15, 0.2) is 33.9 Å². The van der Waals surface area contributed by atoms with E-state index in [0.29, 0.717) is 25.3 Å². The molecule has 0 spiro atoms. The molecule has 3 rings (SSSR count). The molecule has 7 nitrogen and oxygen atoms in total. The van der Waals surface area contributed by atoms with E-state index in [1.807, 2.05) is 45.0 Å². The van der Waals surface area contributed by atoms with Gasteiger partial charge in [0.1, 0.15) is 30.5 Å². The predicted octanol–water partition coefficient (Wildman–Crippen LogP) is 0.0877. The zero-order chi connectivity index (χ0) is 19.6. The molecule has 0 radical (unpaired) electrons. The number of nitrogen functional groups attached to an aromatic ring is 1. The maximum Gasteiger partial charge on any atom is 0.329 e. The fourth-order valence-electron chi connectivity index (χ4n) is 3.72. The molecule has 7 heteroatoms. The van der Waals surface area contributed by atoms with E-state index >= 15 is 0 Å². The Kier molecular flexibility index (Phi) is 5.82. The Bertz CT molecular complexity index is 893. The lowest BCUT2D eigenvalue weighted by atomic mass is 9.96. The average Bonchev–Trinajstić information content (AvgIpc) is 2.64. The molecule has 146 valence electrons. The first-order valence-electron chi connectivity index (χ1n) is 9.50. The van der Waals surface area contributed by atoms with Crippen molar-refractivity contribution in [3.05, 3.63) is 61.8 Å². The van der Waals surface area contributed by atoms with Gasteiger partial charge in [0.25, 0.3) is 5.56 Å². The molecule has 1 aliphatic heterocycles. The van der Waals surface area contributed by atoms with E-state index in [2.05, 4.69) is 4.98 Å². The SMILES string of the molecule is Cc1ccc([C@@H](c2c(N)n(CC(C)C)c(=O)[nH]c2=O)[NH+]2CCOCC2)cc1. The van der Waals surface area contributed by atoms with E-state index in [1.54, 1.807) is 0 Å². The number of nitrogens with two attached hydrogens (primary N) is 1. The summed E-state index contributed by atoms with van der Waals surface area (Å²) in [6.45, 7) is 9.37. The van der Waals surface area contributed by atoms with Crippen LogP contribution in [0.4, 0.5) is 5.82 Å². The van der Waals surface area contributed by atoms with Crippen LogP contribution >= 0.6 is 0 Å². The highest BCUT2D eigenvalue weighted by molar-refractivity contribution is 5.44. The Morgan fingerprint density at radius 1 is 1.19 bits per heavy atom. The zero-order valence-corrected chi connectivity index (χ0v) is 16.2. The third-order valence-electron chi connectivity index (χ3n) is 5.07. The molecule has 0 saturated carbocycles. The molecule has 4 N–H and O–H groups in total. The Morgan fingerprint density at radius 3 is 2.41 bits per heavy atom. The molecule has 1 fully saturated rings. The van der Waals surface area contributed by atoms with Gasteiger partial charge in [0, 0.05) is 12.1 Å². The molecular weight excluding hydrogens is 344 g/mol. The largest absolute Gasteiger partial charge is 0.384 e. The second-order valence-electron chi connectivity index (χ2n) is 7.68. The first-order chi connectivity index (χ1) is 12.9. The van der Waals surface area contributed by atoms with Gasteiger partial charge < -0.3 is 15.4 Å². The Hall–Kier alpha value is -2.38. The van der Waals surface area contributed by atoms with Gasteiger partial charge in [0.15, 0.2) is 0 Å². The molecule has 2 heterocycles. The molecule has 0 amide bonds. The quantitative estimate of drug-likeness (QED) is 0.692. The summed E-state index contributed by atoms with van der Waals surface area (Å²) >= 11 is 0. The topological polar surface area (TPSA) is 94.5 Å². The van der Waals surface area contributed by atoms with Crippen LogP contribution < -0.4 is 21.9 Å². The van der Waals surface area contributed by atoms with Gasteiger partial charge in [0.2, 0.25) is 0 Å². The monoisotopic (exact) mass is 373 g/mol. The summed E-state index contributed by atoms with van der Waals surface area (Å²) in [5, 5.41) is 0. The standard InChI is InChI=1S/C20H28N4O3/c1-13(2)12-24-18(21)16(19(25)22-20(24)26)17(23-8-10-27-11-9-23)15-6-4-14(3)5-7-15/h4-7,13,17H,8-12,21H2,1-3H3,(H,22,25,26)/p+1/t17-/m0/s1. The first-order valence-corrected chi connectivity index (χ1v) is 9.50. The van der Waals surface area contributed by atoms with Gasteiger partial charge in [-0.25, -0.2) is 4.79 Å².